The summed E-state index contributed by atoms with van der Waals surface area (Å²) in [4.78, 5) is 4.39. The van der Waals surface area contributed by atoms with Crippen LogP contribution in [0.1, 0.15) is 5.82 Å². The first kappa shape index (κ1) is 10.7. The van der Waals surface area contributed by atoms with E-state index in [2.05, 4.69) is 17.6 Å². The highest BCUT2D eigenvalue weighted by atomic mass is 35.5. The molecule has 80 valence electrons. The molecule has 16 heavy (non-hydrogen) atoms. The fourth-order valence-corrected chi connectivity index (χ4v) is 1.86. The number of hydrogen-bond donors (Lipinski definition) is 0. The van der Waals surface area contributed by atoms with Crippen molar-refractivity contribution in [2.45, 2.75) is 13.0 Å². The maximum absolute atomic E-state index is 8.74. The van der Waals surface area contributed by atoms with E-state index in [4.69, 9.17) is 16.9 Å². The van der Waals surface area contributed by atoms with Gasteiger partial charge in [-0.05, 0) is 18.2 Å². The van der Waals surface area contributed by atoms with Crippen LogP contribution < -0.4 is 0 Å². The van der Waals surface area contributed by atoms with Crippen molar-refractivity contribution < 1.29 is 0 Å². The van der Waals surface area contributed by atoms with Crippen LogP contribution in [0.4, 0.5) is 0 Å². The molecule has 0 aliphatic heterocycles. The normalized spacial score (nSPS) is 10.2. The van der Waals surface area contributed by atoms with Crippen molar-refractivity contribution in [3.05, 3.63) is 41.7 Å². The van der Waals surface area contributed by atoms with Gasteiger partial charge in [-0.1, -0.05) is 17.7 Å². The molecule has 0 N–H and O–H groups in total. The Labute approximate surface area is 98.6 Å². The van der Waals surface area contributed by atoms with E-state index in [1.807, 2.05) is 16.7 Å². The highest BCUT2D eigenvalue weighted by molar-refractivity contribution is 6.31. The van der Waals surface area contributed by atoms with Crippen molar-refractivity contribution in [2.24, 2.45) is 0 Å². The van der Waals surface area contributed by atoms with Gasteiger partial charge < -0.3 is 4.57 Å². The molecule has 4 heteroatoms. The van der Waals surface area contributed by atoms with Gasteiger partial charge in [-0.3, -0.25) is 0 Å². The fraction of sp³-hybridized carbons (Fsp3) is 0.167. The first-order valence-electron chi connectivity index (χ1n) is 4.88. The Morgan fingerprint density at radius 3 is 3.06 bits per heavy atom. The third-order valence-electron chi connectivity index (χ3n) is 2.34. The Kier molecular flexibility index (Phi) is 2.93. The monoisotopic (exact) mass is 231 g/mol. The van der Waals surface area contributed by atoms with E-state index < -0.39 is 0 Å². The van der Waals surface area contributed by atoms with Crippen LogP contribution >= 0.6 is 11.6 Å². The first-order valence-corrected chi connectivity index (χ1v) is 5.26. The quantitative estimate of drug-likeness (QED) is 0.763. The molecule has 0 radical (unpaired) electrons. The van der Waals surface area contributed by atoms with Crippen LogP contribution in [0.3, 0.4) is 0 Å². The summed E-state index contributed by atoms with van der Waals surface area (Å²) in [5, 5.41) is 9.39. The van der Waals surface area contributed by atoms with E-state index in [9.17, 15) is 0 Å². The first-order chi connectivity index (χ1) is 7.76. The zero-order valence-electron chi connectivity index (χ0n) is 8.65. The average molecular weight is 232 g/mol. The summed E-state index contributed by atoms with van der Waals surface area (Å²) in [6, 6.07) is 7.64. The molecule has 0 amide bonds. The van der Waals surface area contributed by atoms with Gasteiger partial charge in [-0.2, -0.15) is 5.26 Å². The lowest BCUT2D eigenvalue weighted by atomic mass is 10.3. The zero-order valence-corrected chi connectivity index (χ0v) is 9.41. The van der Waals surface area contributed by atoms with E-state index in [0.717, 1.165) is 16.9 Å². The van der Waals surface area contributed by atoms with Gasteiger partial charge in [0.15, 0.2) is 0 Å². The van der Waals surface area contributed by atoms with Crippen LogP contribution in [-0.2, 0) is 13.0 Å². The SMILES string of the molecule is C=CCn1c(CC#N)nc2cc(Cl)ccc21. The third kappa shape index (κ3) is 1.80. The summed E-state index contributed by atoms with van der Waals surface area (Å²) in [5.41, 5.74) is 1.80. The number of rotatable bonds is 3. The number of fused-ring (bicyclic) bond motifs is 1. The second-order valence-corrected chi connectivity index (χ2v) is 3.83. The Balaban J connectivity index is 2.65. The molecule has 2 rings (SSSR count). The predicted molar refractivity (Wildman–Crippen MR) is 64.3 cm³/mol. The molecule has 0 unspecified atom stereocenters. The molecule has 0 aliphatic carbocycles. The van der Waals surface area contributed by atoms with Crippen molar-refractivity contribution in [3.8, 4) is 6.07 Å². The van der Waals surface area contributed by atoms with Crippen LogP contribution in [0.25, 0.3) is 11.0 Å². The van der Waals surface area contributed by atoms with E-state index in [-0.39, 0.29) is 0 Å². The highest BCUT2D eigenvalue weighted by Gasteiger charge is 2.09. The average Bonchev–Trinajstić information content (AvgIpc) is 2.57. The Morgan fingerprint density at radius 2 is 2.38 bits per heavy atom. The van der Waals surface area contributed by atoms with Crippen molar-refractivity contribution in [3.63, 3.8) is 0 Å². The number of benzene rings is 1. The lowest BCUT2D eigenvalue weighted by molar-refractivity contribution is 0.789. The molecule has 2 aromatic rings. The Bertz CT molecular complexity index is 578. The summed E-state index contributed by atoms with van der Waals surface area (Å²) < 4.78 is 1.97. The van der Waals surface area contributed by atoms with Crippen molar-refractivity contribution in [1.82, 2.24) is 9.55 Å². The second-order valence-electron chi connectivity index (χ2n) is 3.40. The van der Waals surface area contributed by atoms with Crippen LogP contribution in [0, 0.1) is 11.3 Å². The lowest BCUT2D eigenvalue weighted by Gasteiger charge is -2.02. The van der Waals surface area contributed by atoms with E-state index >= 15 is 0 Å². The molecule has 0 saturated heterocycles. The molecule has 3 nitrogen and oxygen atoms in total. The number of halogens is 1. The van der Waals surface area contributed by atoms with Gasteiger partial charge in [0.1, 0.15) is 5.82 Å². The summed E-state index contributed by atoms with van der Waals surface area (Å²) in [7, 11) is 0. The number of nitrogens with zero attached hydrogens (tertiary/aromatic N) is 3. The number of allylic oxidation sites excluding steroid dienone is 1. The van der Waals surface area contributed by atoms with E-state index in [0.29, 0.717) is 18.0 Å². The van der Waals surface area contributed by atoms with Gasteiger partial charge in [-0.25, -0.2) is 4.98 Å². The van der Waals surface area contributed by atoms with Crippen LogP contribution in [0.5, 0.6) is 0 Å². The molecular weight excluding hydrogens is 222 g/mol. The van der Waals surface area contributed by atoms with Crippen molar-refractivity contribution in [2.75, 3.05) is 0 Å². The third-order valence-corrected chi connectivity index (χ3v) is 2.57. The summed E-state index contributed by atoms with van der Waals surface area (Å²) in [6.45, 7) is 4.35. The van der Waals surface area contributed by atoms with Gasteiger partial charge in [0, 0.05) is 11.6 Å². The predicted octanol–water partition coefficient (Wildman–Crippen LogP) is 2.94. The topological polar surface area (TPSA) is 41.6 Å². The van der Waals surface area contributed by atoms with Gasteiger partial charge in [-0.15, -0.1) is 6.58 Å². The maximum atomic E-state index is 8.74. The minimum absolute atomic E-state index is 0.292. The van der Waals surface area contributed by atoms with Crippen LogP contribution in [0.15, 0.2) is 30.9 Å². The zero-order chi connectivity index (χ0) is 11.5. The molecule has 0 spiro atoms. The largest absolute Gasteiger partial charge is 0.323 e. The van der Waals surface area contributed by atoms with Crippen molar-refractivity contribution >= 4 is 22.6 Å². The molecular formula is C12H10ClN3. The van der Waals surface area contributed by atoms with E-state index in [1.165, 1.54) is 0 Å². The van der Waals surface area contributed by atoms with Crippen LogP contribution in [-0.4, -0.2) is 9.55 Å². The van der Waals surface area contributed by atoms with E-state index in [1.54, 1.807) is 12.1 Å². The summed E-state index contributed by atoms with van der Waals surface area (Å²) in [5.74, 6) is 0.750. The number of nitriles is 1. The summed E-state index contributed by atoms with van der Waals surface area (Å²) >= 11 is 5.90. The molecule has 0 atom stereocenters. The Hall–Kier alpha value is -1.79. The highest BCUT2D eigenvalue weighted by Crippen LogP contribution is 2.20. The van der Waals surface area contributed by atoms with Gasteiger partial charge in [0.05, 0.1) is 23.5 Å². The second kappa shape index (κ2) is 4.38. The molecule has 1 heterocycles. The molecule has 0 fully saturated rings. The summed E-state index contributed by atoms with van der Waals surface area (Å²) in [6.07, 6.45) is 2.08. The smallest absolute Gasteiger partial charge is 0.124 e. The number of imidazole rings is 1. The number of hydrogen-bond acceptors (Lipinski definition) is 2. The molecule has 0 aliphatic rings. The standard InChI is InChI=1S/C12H10ClN3/c1-2-7-16-11-4-3-9(13)8-10(11)15-12(16)5-6-14/h2-4,8H,1,5,7H2. The fourth-order valence-electron chi connectivity index (χ4n) is 1.69. The molecule has 1 aromatic carbocycles. The van der Waals surface area contributed by atoms with Gasteiger partial charge >= 0.3 is 0 Å². The maximum Gasteiger partial charge on any atom is 0.124 e. The van der Waals surface area contributed by atoms with Crippen molar-refractivity contribution in [1.29, 1.82) is 5.26 Å². The minimum atomic E-state index is 0.292. The van der Waals surface area contributed by atoms with Gasteiger partial charge in [0.25, 0.3) is 0 Å². The molecule has 0 bridgehead atoms. The molecule has 1 aromatic heterocycles. The van der Waals surface area contributed by atoms with Crippen LogP contribution in [0.2, 0.25) is 5.02 Å². The lowest BCUT2D eigenvalue weighted by Crippen LogP contribution is -2.01. The Morgan fingerprint density at radius 1 is 1.56 bits per heavy atom. The molecule has 0 saturated carbocycles. The number of aromatic nitrogens is 2. The van der Waals surface area contributed by atoms with Gasteiger partial charge in [0.2, 0.25) is 0 Å². The minimum Gasteiger partial charge on any atom is -0.323 e.